The van der Waals surface area contributed by atoms with Crippen molar-refractivity contribution >= 4 is 11.0 Å². The minimum atomic E-state index is -0.182. The second kappa shape index (κ2) is 5.29. The van der Waals surface area contributed by atoms with Gasteiger partial charge in [-0.1, -0.05) is 6.92 Å². The third-order valence-electron chi connectivity index (χ3n) is 3.87. The number of hydrogen-bond acceptors (Lipinski definition) is 2. The molecule has 0 bridgehead atoms. The number of benzene rings is 1. The number of rotatable bonds is 4. The molecule has 1 fully saturated rings. The van der Waals surface area contributed by atoms with E-state index in [0.717, 1.165) is 49.3 Å². The quantitative estimate of drug-likeness (QED) is 0.917. The van der Waals surface area contributed by atoms with Crippen molar-refractivity contribution < 1.29 is 4.39 Å². The van der Waals surface area contributed by atoms with Crippen LogP contribution in [0.4, 0.5) is 4.39 Å². The molecule has 1 saturated heterocycles. The Labute approximate surface area is 112 Å². The van der Waals surface area contributed by atoms with Gasteiger partial charge in [0.25, 0.3) is 0 Å². The van der Waals surface area contributed by atoms with E-state index in [0.29, 0.717) is 5.92 Å². The van der Waals surface area contributed by atoms with Gasteiger partial charge in [-0.05, 0) is 50.0 Å². The molecule has 0 radical (unpaired) electrons. The van der Waals surface area contributed by atoms with Gasteiger partial charge >= 0.3 is 0 Å². The Bertz CT molecular complexity index is 570. The summed E-state index contributed by atoms with van der Waals surface area (Å²) in [6, 6.07) is 4.88. The Morgan fingerprint density at radius 2 is 2.37 bits per heavy atom. The Balaban J connectivity index is 1.98. The molecule has 1 aliphatic heterocycles. The minimum absolute atomic E-state index is 0.182. The first kappa shape index (κ1) is 12.6. The lowest BCUT2D eigenvalue weighted by molar-refractivity contribution is 0.534. The van der Waals surface area contributed by atoms with Crippen molar-refractivity contribution in [2.75, 3.05) is 13.1 Å². The fourth-order valence-electron chi connectivity index (χ4n) is 2.92. The van der Waals surface area contributed by atoms with Gasteiger partial charge in [-0.25, -0.2) is 9.37 Å². The molecular weight excluding hydrogens is 241 g/mol. The second-order valence-electron chi connectivity index (χ2n) is 5.38. The highest BCUT2D eigenvalue weighted by atomic mass is 19.1. The van der Waals surface area contributed by atoms with E-state index >= 15 is 0 Å². The maximum absolute atomic E-state index is 13.4. The van der Waals surface area contributed by atoms with Crippen molar-refractivity contribution in [1.82, 2.24) is 14.9 Å². The monoisotopic (exact) mass is 261 g/mol. The van der Waals surface area contributed by atoms with Gasteiger partial charge in [-0.15, -0.1) is 0 Å². The summed E-state index contributed by atoms with van der Waals surface area (Å²) in [6.45, 7) is 5.23. The maximum atomic E-state index is 13.4. The van der Waals surface area contributed by atoms with E-state index in [1.165, 1.54) is 12.5 Å². The van der Waals surface area contributed by atoms with Crippen LogP contribution >= 0.6 is 0 Å². The van der Waals surface area contributed by atoms with Crippen LogP contribution < -0.4 is 5.32 Å². The first-order valence-electron chi connectivity index (χ1n) is 7.13. The molecule has 19 heavy (non-hydrogen) atoms. The lowest BCUT2D eigenvalue weighted by Gasteiger charge is -2.11. The molecule has 0 aliphatic carbocycles. The normalized spacial score (nSPS) is 19.4. The number of halogens is 1. The fraction of sp³-hybridized carbons (Fsp3) is 0.533. The van der Waals surface area contributed by atoms with E-state index in [1.807, 2.05) is 0 Å². The summed E-state index contributed by atoms with van der Waals surface area (Å²) < 4.78 is 15.6. The smallest absolute Gasteiger partial charge is 0.125 e. The van der Waals surface area contributed by atoms with Gasteiger partial charge in [0.15, 0.2) is 0 Å². The summed E-state index contributed by atoms with van der Waals surface area (Å²) >= 11 is 0. The predicted molar refractivity (Wildman–Crippen MR) is 74.7 cm³/mol. The zero-order valence-electron chi connectivity index (χ0n) is 11.3. The van der Waals surface area contributed by atoms with Crippen LogP contribution in [0.5, 0.6) is 0 Å². The van der Waals surface area contributed by atoms with Crippen LogP contribution in [-0.4, -0.2) is 22.6 Å². The van der Waals surface area contributed by atoms with E-state index in [2.05, 4.69) is 16.8 Å². The average Bonchev–Trinajstić information content (AvgIpc) is 3.00. The molecule has 1 aromatic heterocycles. The summed E-state index contributed by atoms with van der Waals surface area (Å²) in [4.78, 5) is 4.70. The van der Waals surface area contributed by atoms with E-state index in [-0.39, 0.29) is 5.82 Å². The van der Waals surface area contributed by atoms with Crippen molar-refractivity contribution in [1.29, 1.82) is 0 Å². The van der Waals surface area contributed by atoms with Gasteiger partial charge in [0.1, 0.15) is 11.6 Å². The van der Waals surface area contributed by atoms with Crippen molar-refractivity contribution in [2.24, 2.45) is 5.92 Å². The van der Waals surface area contributed by atoms with Crippen LogP contribution in [0.2, 0.25) is 0 Å². The zero-order valence-corrected chi connectivity index (χ0v) is 11.3. The Kier molecular flexibility index (Phi) is 3.51. The number of hydrogen-bond donors (Lipinski definition) is 1. The molecule has 1 N–H and O–H groups in total. The first-order valence-corrected chi connectivity index (χ1v) is 7.13. The molecule has 2 heterocycles. The highest BCUT2D eigenvalue weighted by molar-refractivity contribution is 5.76. The predicted octanol–water partition coefficient (Wildman–Crippen LogP) is 2.74. The van der Waals surface area contributed by atoms with Gasteiger partial charge in [0.2, 0.25) is 0 Å². The summed E-state index contributed by atoms with van der Waals surface area (Å²) in [6.07, 6.45) is 3.24. The lowest BCUT2D eigenvalue weighted by Crippen LogP contribution is -2.14. The number of aryl methyl sites for hydroxylation is 1. The van der Waals surface area contributed by atoms with Crippen molar-refractivity contribution in [3.63, 3.8) is 0 Å². The maximum Gasteiger partial charge on any atom is 0.125 e. The van der Waals surface area contributed by atoms with E-state index in [4.69, 9.17) is 4.98 Å². The molecule has 102 valence electrons. The van der Waals surface area contributed by atoms with E-state index < -0.39 is 0 Å². The molecule has 0 saturated carbocycles. The Morgan fingerprint density at radius 1 is 1.47 bits per heavy atom. The second-order valence-corrected chi connectivity index (χ2v) is 5.38. The van der Waals surface area contributed by atoms with Gasteiger partial charge in [-0.2, -0.15) is 0 Å². The molecule has 0 amide bonds. The summed E-state index contributed by atoms with van der Waals surface area (Å²) in [5, 5.41) is 3.39. The van der Waals surface area contributed by atoms with Gasteiger partial charge in [-0.3, -0.25) is 0 Å². The molecular formula is C15H20FN3. The molecule has 1 atom stereocenters. The molecule has 0 spiro atoms. The molecule has 1 unspecified atom stereocenters. The van der Waals surface area contributed by atoms with E-state index in [1.54, 1.807) is 12.1 Å². The topological polar surface area (TPSA) is 29.9 Å². The van der Waals surface area contributed by atoms with Crippen molar-refractivity contribution in [3.05, 3.63) is 29.8 Å². The number of fused-ring (bicyclic) bond motifs is 1. The summed E-state index contributed by atoms with van der Waals surface area (Å²) in [5.74, 6) is 1.59. The molecule has 1 aromatic carbocycles. The van der Waals surface area contributed by atoms with Crippen molar-refractivity contribution in [3.8, 4) is 0 Å². The largest absolute Gasteiger partial charge is 0.328 e. The van der Waals surface area contributed by atoms with Crippen LogP contribution in [0.15, 0.2) is 18.2 Å². The lowest BCUT2D eigenvalue weighted by atomic mass is 10.0. The molecule has 3 rings (SSSR count). The van der Waals surface area contributed by atoms with E-state index in [9.17, 15) is 4.39 Å². The third kappa shape index (κ3) is 2.50. The third-order valence-corrected chi connectivity index (χ3v) is 3.87. The van der Waals surface area contributed by atoms with Crippen LogP contribution in [0, 0.1) is 11.7 Å². The molecule has 4 heteroatoms. The molecule has 3 nitrogen and oxygen atoms in total. The highest BCUT2D eigenvalue weighted by Crippen LogP contribution is 2.22. The highest BCUT2D eigenvalue weighted by Gasteiger charge is 2.19. The standard InChI is InChI=1S/C15H20FN3/c1-2-7-19-14-9-12(16)3-4-13(14)18-15(19)8-11-5-6-17-10-11/h3-4,9,11,17H,2,5-8,10H2,1H3. The first-order chi connectivity index (χ1) is 9.28. The number of nitrogens with zero attached hydrogens (tertiary/aromatic N) is 2. The van der Waals surface area contributed by atoms with Gasteiger partial charge in [0.05, 0.1) is 11.0 Å². The van der Waals surface area contributed by atoms with Crippen LogP contribution in [0.3, 0.4) is 0 Å². The van der Waals surface area contributed by atoms with Crippen LogP contribution in [0.25, 0.3) is 11.0 Å². The van der Waals surface area contributed by atoms with Gasteiger partial charge < -0.3 is 9.88 Å². The number of nitrogens with one attached hydrogen (secondary N) is 1. The summed E-state index contributed by atoms with van der Waals surface area (Å²) in [5.41, 5.74) is 1.85. The van der Waals surface area contributed by atoms with Gasteiger partial charge in [0, 0.05) is 13.0 Å². The number of aromatic nitrogens is 2. The van der Waals surface area contributed by atoms with Crippen LogP contribution in [-0.2, 0) is 13.0 Å². The Morgan fingerprint density at radius 3 is 3.11 bits per heavy atom. The molecule has 2 aromatic rings. The minimum Gasteiger partial charge on any atom is -0.328 e. The van der Waals surface area contributed by atoms with Crippen LogP contribution in [0.1, 0.15) is 25.6 Å². The SMILES string of the molecule is CCCn1c(CC2CCNC2)nc2ccc(F)cc21. The average molecular weight is 261 g/mol. The summed E-state index contributed by atoms with van der Waals surface area (Å²) in [7, 11) is 0. The number of imidazole rings is 1. The Hall–Kier alpha value is -1.42. The zero-order chi connectivity index (χ0) is 13.2. The molecule has 1 aliphatic rings. The fourth-order valence-corrected chi connectivity index (χ4v) is 2.92. The van der Waals surface area contributed by atoms with Crippen molar-refractivity contribution in [2.45, 2.75) is 32.7 Å².